The Balaban J connectivity index is 1.98. The largest absolute Gasteiger partial charge is 0.497 e. The van der Waals surface area contributed by atoms with E-state index in [1.807, 2.05) is 60.7 Å². The van der Waals surface area contributed by atoms with E-state index in [0.717, 1.165) is 22.4 Å². The summed E-state index contributed by atoms with van der Waals surface area (Å²) in [6.45, 7) is 0.253. The van der Waals surface area contributed by atoms with Gasteiger partial charge in [-0.25, -0.2) is 0 Å². The highest BCUT2D eigenvalue weighted by Crippen LogP contribution is 2.29. The van der Waals surface area contributed by atoms with Crippen LogP contribution in [0.2, 0.25) is 0 Å². The van der Waals surface area contributed by atoms with Crippen LogP contribution in [0.15, 0.2) is 72.8 Å². The van der Waals surface area contributed by atoms with Gasteiger partial charge in [0.15, 0.2) is 11.5 Å². The van der Waals surface area contributed by atoms with Crippen molar-refractivity contribution in [2.24, 2.45) is 0 Å². The third kappa shape index (κ3) is 5.86. The molecule has 1 atom stereocenters. The Labute approximate surface area is 200 Å². The van der Waals surface area contributed by atoms with Crippen LogP contribution >= 0.6 is 0 Å². The first-order chi connectivity index (χ1) is 16.5. The molecule has 0 aromatic heterocycles. The maximum atomic E-state index is 13.7. The first-order valence-corrected chi connectivity index (χ1v) is 10.9. The molecule has 7 heteroatoms. The van der Waals surface area contributed by atoms with Gasteiger partial charge < -0.3 is 24.4 Å². The van der Waals surface area contributed by atoms with Crippen LogP contribution in [0.3, 0.4) is 0 Å². The second-order valence-electron chi connectivity index (χ2n) is 7.66. The Morgan fingerprint density at radius 3 is 2.06 bits per heavy atom. The summed E-state index contributed by atoms with van der Waals surface area (Å²) in [5.41, 5.74) is 2.37. The number of hydrogen-bond acceptors (Lipinski definition) is 5. The molecule has 0 fully saturated rings. The lowest BCUT2D eigenvalue weighted by molar-refractivity contribution is -0.141. The molecule has 0 aliphatic rings. The zero-order valence-corrected chi connectivity index (χ0v) is 19.9. The third-order valence-electron chi connectivity index (χ3n) is 5.56. The number of carbonyl (C=O) groups excluding carboxylic acids is 2. The fourth-order valence-corrected chi connectivity index (χ4v) is 3.76. The summed E-state index contributed by atoms with van der Waals surface area (Å²) in [6, 6.07) is 21.3. The molecule has 0 saturated heterocycles. The van der Waals surface area contributed by atoms with Crippen LogP contribution in [0.4, 0.5) is 0 Å². The number of nitrogens with zero attached hydrogens (tertiary/aromatic N) is 1. The van der Waals surface area contributed by atoms with Crippen LogP contribution in [-0.2, 0) is 22.6 Å². The molecule has 34 heavy (non-hydrogen) atoms. The van der Waals surface area contributed by atoms with Crippen LogP contribution in [0.25, 0.3) is 0 Å². The lowest BCUT2D eigenvalue weighted by Crippen LogP contribution is -2.43. The average Bonchev–Trinajstić information content (AvgIpc) is 2.88. The second-order valence-corrected chi connectivity index (χ2v) is 7.66. The van der Waals surface area contributed by atoms with Gasteiger partial charge in [0.05, 0.1) is 27.8 Å². The van der Waals surface area contributed by atoms with Gasteiger partial charge in [-0.1, -0.05) is 48.5 Å². The van der Waals surface area contributed by atoms with Gasteiger partial charge in [0, 0.05) is 13.6 Å². The summed E-state index contributed by atoms with van der Waals surface area (Å²) >= 11 is 0. The monoisotopic (exact) mass is 462 g/mol. The van der Waals surface area contributed by atoms with Crippen LogP contribution in [0.5, 0.6) is 17.2 Å². The van der Waals surface area contributed by atoms with Crippen molar-refractivity contribution in [3.8, 4) is 17.2 Å². The molecule has 0 saturated carbocycles. The number of likely N-dealkylation sites (N-methyl/N-ethyl adjacent to an activating group) is 1. The minimum absolute atomic E-state index is 0.0941. The molecule has 0 radical (unpaired) electrons. The van der Waals surface area contributed by atoms with Gasteiger partial charge in [-0.3, -0.25) is 9.59 Å². The molecule has 0 heterocycles. The third-order valence-corrected chi connectivity index (χ3v) is 5.56. The predicted molar refractivity (Wildman–Crippen MR) is 130 cm³/mol. The Morgan fingerprint density at radius 1 is 0.824 bits per heavy atom. The SMILES string of the molecule is CNC(=O)C(c1ccccc1)N(Cc1ccc(OC)cc1)C(=O)Cc1ccc(OC)c(OC)c1. The van der Waals surface area contributed by atoms with Gasteiger partial charge in [0.1, 0.15) is 11.8 Å². The molecule has 1 unspecified atom stereocenters. The van der Waals surface area contributed by atoms with Crippen molar-refractivity contribution in [2.45, 2.75) is 19.0 Å². The zero-order chi connectivity index (χ0) is 24.5. The Kier molecular flexibility index (Phi) is 8.51. The van der Waals surface area contributed by atoms with E-state index >= 15 is 0 Å². The van der Waals surface area contributed by atoms with E-state index in [-0.39, 0.29) is 24.8 Å². The molecule has 0 spiro atoms. The molecule has 2 amide bonds. The predicted octanol–water partition coefficient (Wildman–Crippen LogP) is 3.77. The standard InChI is InChI=1S/C27H30N2O5/c1-28-27(31)26(21-8-6-5-7-9-21)29(18-19-10-13-22(32-2)14-11-19)25(30)17-20-12-15-23(33-3)24(16-20)34-4/h5-16,26H,17-18H2,1-4H3,(H,28,31). The molecular weight excluding hydrogens is 432 g/mol. The van der Waals surface area contributed by atoms with Crippen LogP contribution < -0.4 is 19.5 Å². The highest BCUT2D eigenvalue weighted by molar-refractivity contribution is 5.89. The zero-order valence-electron chi connectivity index (χ0n) is 19.9. The summed E-state index contributed by atoms with van der Waals surface area (Å²) in [4.78, 5) is 28.3. The van der Waals surface area contributed by atoms with E-state index in [9.17, 15) is 9.59 Å². The number of benzene rings is 3. The fraction of sp³-hybridized carbons (Fsp3) is 0.259. The number of nitrogens with one attached hydrogen (secondary N) is 1. The van der Waals surface area contributed by atoms with Crippen molar-refractivity contribution in [1.29, 1.82) is 0 Å². The maximum absolute atomic E-state index is 13.7. The molecule has 3 aromatic rings. The van der Waals surface area contributed by atoms with Crippen molar-refractivity contribution in [3.05, 3.63) is 89.5 Å². The number of hydrogen-bond donors (Lipinski definition) is 1. The Bertz CT molecular complexity index is 1100. The first-order valence-electron chi connectivity index (χ1n) is 10.9. The van der Waals surface area contributed by atoms with E-state index in [1.165, 1.54) is 0 Å². The Hall–Kier alpha value is -4.00. The van der Waals surface area contributed by atoms with Gasteiger partial charge in [-0.15, -0.1) is 0 Å². The molecule has 3 aromatic carbocycles. The van der Waals surface area contributed by atoms with Gasteiger partial charge in [0.25, 0.3) is 0 Å². The molecule has 0 bridgehead atoms. The van der Waals surface area contributed by atoms with E-state index in [0.29, 0.717) is 11.5 Å². The number of ether oxygens (including phenoxy) is 3. The van der Waals surface area contributed by atoms with E-state index in [4.69, 9.17) is 14.2 Å². The number of methoxy groups -OCH3 is 3. The van der Waals surface area contributed by atoms with Crippen molar-refractivity contribution >= 4 is 11.8 Å². The van der Waals surface area contributed by atoms with E-state index in [1.54, 1.807) is 45.4 Å². The van der Waals surface area contributed by atoms with Crippen LogP contribution in [0.1, 0.15) is 22.7 Å². The highest BCUT2D eigenvalue weighted by Gasteiger charge is 2.31. The van der Waals surface area contributed by atoms with E-state index < -0.39 is 6.04 Å². The molecule has 178 valence electrons. The second kappa shape index (κ2) is 11.7. The summed E-state index contributed by atoms with van der Waals surface area (Å²) in [5, 5.41) is 2.71. The van der Waals surface area contributed by atoms with Crippen LogP contribution in [-0.4, -0.2) is 45.1 Å². The van der Waals surface area contributed by atoms with Crippen molar-refractivity contribution in [2.75, 3.05) is 28.4 Å². The van der Waals surface area contributed by atoms with Crippen molar-refractivity contribution in [1.82, 2.24) is 10.2 Å². The molecule has 3 rings (SSSR count). The minimum Gasteiger partial charge on any atom is -0.497 e. The van der Waals surface area contributed by atoms with Gasteiger partial charge in [-0.05, 0) is 41.0 Å². The fourth-order valence-electron chi connectivity index (χ4n) is 3.76. The summed E-state index contributed by atoms with van der Waals surface area (Å²) in [5.74, 6) is 1.39. The number of rotatable bonds is 10. The normalized spacial score (nSPS) is 11.3. The number of amides is 2. The smallest absolute Gasteiger partial charge is 0.247 e. The minimum atomic E-state index is -0.791. The summed E-state index contributed by atoms with van der Waals surface area (Å²) in [6.07, 6.45) is 0.0941. The topological polar surface area (TPSA) is 77.1 Å². The average molecular weight is 463 g/mol. The van der Waals surface area contributed by atoms with E-state index in [2.05, 4.69) is 5.32 Å². The lowest BCUT2D eigenvalue weighted by Gasteiger charge is -2.31. The van der Waals surface area contributed by atoms with Gasteiger partial charge in [0.2, 0.25) is 11.8 Å². The van der Waals surface area contributed by atoms with Crippen molar-refractivity contribution in [3.63, 3.8) is 0 Å². The number of carbonyl (C=O) groups is 2. The molecular formula is C27H30N2O5. The summed E-state index contributed by atoms with van der Waals surface area (Å²) in [7, 11) is 6.29. The quantitative estimate of drug-likeness (QED) is 0.496. The van der Waals surface area contributed by atoms with Gasteiger partial charge in [-0.2, -0.15) is 0 Å². The lowest BCUT2D eigenvalue weighted by atomic mass is 10.0. The maximum Gasteiger partial charge on any atom is 0.247 e. The van der Waals surface area contributed by atoms with Crippen molar-refractivity contribution < 1.29 is 23.8 Å². The molecule has 0 aliphatic carbocycles. The summed E-state index contributed by atoms with van der Waals surface area (Å²) < 4.78 is 15.9. The highest BCUT2D eigenvalue weighted by atomic mass is 16.5. The van der Waals surface area contributed by atoms with Gasteiger partial charge >= 0.3 is 0 Å². The molecule has 0 aliphatic heterocycles. The Morgan fingerprint density at radius 2 is 1.47 bits per heavy atom. The first kappa shape index (κ1) is 24.6. The molecule has 7 nitrogen and oxygen atoms in total. The molecule has 1 N–H and O–H groups in total. The van der Waals surface area contributed by atoms with Crippen LogP contribution in [0, 0.1) is 0 Å².